The molecule has 25 heavy (non-hydrogen) atoms. The van der Waals surface area contributed by atoms with Crippen LogP contribution in [-0.2, 0) is 0 Å². The zero-order valence-electron chi connectivity index (χ0n) is 14.2. The predicted octanol–water partition coefficient (Wildman–Crippen LogP) is 5.02. The zero-order chi connectivity index (χ0) is 17.4. The van der Waals surface area contributed by atoms with E-state index in [9.17, 15) is 0 Å². The second-order valence-electron chi connectivity index (χ2n) is 6.31. The third-order valence-corrected chi connectivity index (χ3v) is 4.34. The van der Waals surface area contributed by atoms with Crippen molar-refractivity contribution in [2.75, 3.05) is 0 Å². The maximum Gasteiger partial charge on any atom is 0.232 e. The monoisotopic (exact) mass is 329 g/mol. The van der Waals surface area contributed by atoms with E-state index < -0.39 is 0 Å². The Morgan fingerprint density at radius 1 is 0.920 bits per heavy atom. The van der Waals surface area contributed by atoms with E-state index in [-0.39, 0.29) is 6.04 Å². The summed E-state index contributed by atoms with van der Waals surface area (Å²) in [7, 11) is 0. The Hall–Kier alpha value is -3.14. The molecule has 0 radical (unpaired) electrons. The molecule has 4 nitrogen and oxygen atoms in total. The fraction of sp³-hybridized carbons (Fsp3) is 0.143. The van der Waals surface area contributed by atoms with Gasteiger partial charge in [0.05, 0.1) is 5.39 Å². The Morgan fingerprint density at radius 3 is 2.12 bits per heavy atom. The van der Waals surface area contributed by atoms with Crippen molar-refractivity contribution in [3.63, 3.8) is 0 Å². The predicted molar refractivity (Wildman–Crippen MR) is 99.1 cm³/mol. The lowest BCUT2D eigenvalue weighted by Crippen LogP contribution is -2.22. The first kappa shape index (κ1) is 15.4. The van der Waals surface area contributed by atoms with Crippen LogP contribution in [0.5, 0.6) is 0 Å². The number of fused-ring (bicyclic) bond motifs is 1. The van der Waals surface area contributed by atoms with Crippen molar-refractivity contribution in [3.8, 4) is 22.5 Å². The molecule has 0 unspecified atom stereocenters. The zero-order valence-corrected chi connectivity index (χ0v) is 14.2. The molecule has 1 N–H and O–H groups in total. The molecule has 4 aromatic rings. The molecular formula is C21H19N3O. The first-order chi connectivity index (χ1) is 12.2. The number of rotatable bonds is 3. The van der Waals surface area contributed by atoms with E-state index in [1.807, 2.05) is 79.1 Å². The van der Waals surface area contributed by atoms with Crippen LogP contribution in [-0.4, -0.2) is 9.55 Å². The number of aromatic nitrogens is 2. The van der Waals surface area contributed by atoms with E-state index in [0.29, 0.717) is 11.2 Å². The van der Waals surface area contributed by atoms with Crippen LogP contribution in [0.3, 0.4) is 0 Å². The highest BCUT2D eigenvalue weighted by Crippen LogP contribution is 2.38. The molecule has 0 bridgehead atoms. The molecule has 0 aliphatic heterocycles. The molecule has 0 amide bonds. The summed E-state index contributed by atoms with van der Waals surface area (Å²) in [5, 5.41) is 9.45. The van der Waals surface area contributed by atoms with Crippen LogP contribution in [0.25, 0.3) is 33.6 Å². The third kappa shape index (κ3) is 2.56. The van der Waals surface area contributed by atoms with E-state index in [1.165, 1.54) is 0 Å². The fourth-order valence-corrected chi connectivity index (χ4v) is 3.10. The smallest absolute Gasteiger partial charge is 0.232 e. The van der Waals surface area contributed by atoms with Crippen molar-refractivity contribution in [2.24, 2.45) is 0 Å². The number of hydrogen-bond acceptors (Lipinski definition) is 3. The van der Waals surface area contributed by atoms with Gasteiger partial charge in [0.1, 0.15) is 17.6 Å². The number of nitrogens with one attached hydrogen (secondary N) is 1. The average Bonchev–Trinajstić information content (AvgIpc) is 3.03. The lowest BCUT2D eigenvalue weighted by molar-refractivity contribution is 0.552. The number of nitrogens with zero attached hydrogens (tertiary/aromatic N) is 2. The van der Waals surface area contributed by atoms with Crippen LogP contribution in [0, 0.1) is 5.41 Å². The first-order valence-electron chi connectivity index (χ1n) is 8.36. The summed E-state index contributed by atoms with van der Waals surface area (Å²) in [5.41, 5.74) is 3.85. The van der Waals surface area contributed by atoms with Crippen LogP contribution in [0.4, 0.5) is 0 Å². The summed E-state index contributed by atoms with van der Waals surface area (Å²) in [5.74, 6) is 0.754. The summed E-state index contributed by atoms with van der Waals surface area (Å²) in [6.45, 7) is 4.10. The highest BCUT2D eigenvalue weighted by molar-refractivity contribution is 5.99. The fourth-order valence-electron chi connectivity index (χ4n) is 3.10. The number of hydrogen-bond donors (Lipinski definition) is 1. The third-order valence-electron chi connectivity index (χ3n) is 4.34. The summed E-state index contributed by atoms with van der Waals surface area (Å²) in [6, 6.07) is 20.2. The van der Waals surface area contributed by atoms with Gasteiger partial charge in [0.25, 0.3) is 0 Å². The maximum absolute atomic E-state index is 8.70. The molecule has 124 valence electrons. The molecule has 0 atom stereocenters. The van der Waals surface area contributed by atoms with Crippen molar-refractivity contribution in [1.82, 2.24) is 9.55 Å². The molecule has 0 spiro atoms. The first-order valence-corrected chi connectivity index (χ1v) is 8.36. The molecule has 2 aromatic heterocycles. The van der Waals surface area contributed by atoms with E-state index >= 15 is 0 Å². The number of furan rings is 1. The Bertz CT molecular complexity index is 1080. The SMILES string of the molecule is CC(C)n1cnc2oc(-c3ccccc3)c(-c3ccccc3)c2c1=N. The maximum atomic E-state index is 8.70. The summed E-state index contributed by atoms with van der Waals surface area (Å²) < 4.78 is 7.97. The number of benzene rings is 2. The van der Waals surface area contributed by atoms with Gasteiger partial charge in [-0.25, -0.2) is 4.98 Å². The van der Waals surface area contributed by atoms with Crippen molar-refractivity contribution >= 4 is 11.1 Å². The second kappa shape index (κ2) is 6.06. The lowest BCUT2D eigenvalue weighted by Gasteiger charge is -2.10. The lowest BCUT2D eigenvalue weighted by atomic mass is 9.99. The quantitative estimate of drug-likeness (QED) is 0.573. The van der Waals surface area contributed by atoms with Crippen LogP contribution in [0.2, 0.25) is 0 Å². The Balaban J connectivity index is 2.13. The van der Waals surface area contributed by atoms with Gasteiger partial charge < -0.3 is 8.98 Å². The van der Waals surface area contributed by atoms with Crippen LogP contribution in [0.15, 0.2) is 71.4 Å². The van der Waals surface area contributed by atoms with Crippen LogP contribution < -0.4 is 5.49 Å². The minimum absolute atomic E-state index is 0.156. The summed E-state index contributed by atoms with van der Waals surface area (Å²) in [6.07, 6.45) is 1.68. The van der Waals surface area contributed by atoms with Gasteiger partial charge in [-0.2, -0.15) is 0 Å². The van der Waals surface area contributed by atoms with Gasteiger partial charge in [0, 0.05) is 17.2 Å². The Kier molecular flexibility index (Phi) is 3.73. The van der Waals surface area contributed by atoms with Crippen LogP contribution >= 0.6 is 0 Å². The topological polar surface area (TPSA) is 54.8 Å². The molecule has 4 heteroatoms. The molecule has 2 aromatic carbocycles. The van der Waals surface area contributed by atoms with Gasteiger partial charge in [0.15, 0.2) is 0 Å². The highest BCUT2D eigenvalue weighted by atomic mass is 16.3. The summed E-state index contributed by atoms with van der Waals surface area (Å²) >= 11 is 0. The van der Waals surface area contributed by atoms with Gasteiger partial charge in [0.2, 0.25) is 5.71 Å². The normalized spacial score (nSPS) is 11.3. The molecular weight excluding hydrogens is 310 g/mol. The molecule has 0 aliphatic rings. The van der Waals surface area contributed by atoms with E-state index in [0.717, 1.165) is 27.8 Å². The van der Waals surface area contributed by atoms with E-state index in [1.54, 1.807) is 6.33 Å². The minimum Gasteiger partial charge on any atom is -0.437 e. The van der Waals surface area contributed by atoms with Gasteiger partial charge in [-0.3, -0.25) is 5.41 Å². The standard InChI is InChI=1S/C21H19N3O/c1-14(2)24-13-23-21-18(20(24)22)17(15-9-5-3-6-10-15)19(25-21)16-11-7-4-8-12-16/h3-14,22H,1-2H3. The van der Waals surface area contributed by atoms with E-state index in [2.05, 4.69) is 4.98 Å². The van der Waals surface area contributed by atoms with Crippen LogP contribution in [0.1, 0.15) is 19.9 Å². The minimum atomic E-state index is 0.156. The van der Waals surface area contributed by atoms with Gasteiger partial charge >= 0.3 is 0 Å². The molecule has 0 fully saturated rings. The van der Waals surface area contributed by atoms with Gasteiger partial charge in [-0.05, 0) is 19.4 Å². The molecule has 2 heterocycles. The van der Waals surface area contributed by atoms with Crippen molar-refractivity contribution < 1.29 is 4.42 Å². The van der Waals surface area contributed by atoms with Gasteiger partial charge in [-0.15, -0.1) is 0 Å². The van der Waals surface area contributed by atoms with Gasteiger partial charge in [-0.1, -0.05) is 60.7 Å². The van der Waals surface area contributed by atoms with Crippen molar-refractivity contribution in [1.29, 1.82) is 5.41 Å². The van der Waals surface area contributed by atoms with Crippen molar-refractivity contribution in [3.05, 3.63) is 72.5 Å². The second-order valence-corrected chi connectivity index (χ2v) is 6.31. The Morgan fingerprint density at radius 2 is 1.52 bits per heavy atom. The summed E-state index contributed by atoms with van der Waals surface area (Å²) in [4.78, 5) is 4.47. The van der Waals surface area contributed by atoms with Crippen molar-refractivity contribution in [2.45, 2.75) is 19.9 Å². The Labute approximate surface area is 145 Å². The highest BCUT2D eigenvalue weighted by Gasteiger charge is 2.21. The van der Waals surface area contributed by atoms with E-state index in [4.69, 9.17) is 9.83 Å². The molecule has 0 saturated heterocycles. The molecule has 4 rings (SSSR count). The largest absolute Gasteiger partial charge is 0.437 e. The molecule has 0 aliphatic carbocycles. The molecule has 0 saturated carbocycles. The average molecular weight is 329 g/mol.